The van der Waals surface area contributed by atoms with Crippen molar-refractivity contribution in [1.82, 2.24) is 4.90 Å². The number of nitrogens with zero attached hydrogens (tertiary/aromatic N) is 1. The number of carbonyl (C=O) groups is 1. The van der Waals surface area contributed by atoms with Crippen molar-refractivity contribution in [2.75, 3.05) is 13.1 Å². The van der Waals surface area contributed by atoms with E-state index in [1.54, 1.807) is 4.90 Å². The Morgan fingerprint density at radius 3 is 2.75 bits per heavy atom. The molecular formula is C13H17ClN2O3S. The molecule has 0 saturated carbocycles. The van der Waals surface area contributed by atoms with E-state index >= 15 is 0 Å². The van der Waals surface area contributed by atoms with Crippen LogP contribution in [0.1, 0.15) is 30.1 Å². The summed E-state index contributed by atoms with van der Waals surface area (Å²) < 4.78 is 22.7. The maximum atomic E-state index is 12.5. The van der Waals surface area contributed by atoms with Gasteiger partial charge in [0, 0.05) is 13.1 Å². The van der Waals surface area contributed by atoms with Crippen molar-refractivity contribution in [1.29, 1.82) is 0 Å². The zero-order chi connectivity index (χ0) is 14.9. The average Bonchev–Trinajstić information content (AvgIpc) is 2.37. The van der Waals surface area contributed by atoms with Crippen LogP contribution < -0.4 is 5.14 Å². The van der Waals surface area contributed by atoms with Gasteiger partial charge in [0.05, 0.1) is 15.5 Å². The lowest BCUT2D eigenvalue weighted by atomic mass is 9.99. The lowest BCUT2D eigenvalue weighted by Gasteiger charge is -2.31. The van der Waals surface area contributed by atoms with E-state index in [9.17, 15) is 13.2 Å². The number of amides is 1. The summed E-state index contributed by atoms with van der Waals surface area (Å²) in [5.41, 5.74) is 0.187. The van der Waals surface area contributed by atoms with Gasteiger partial charge in [0.2, 0.25) is 10.0 Å². The highest BCUT2D eigenvalue weighted by Crippen LogP contribution is 2.24. The minimum absolute atomic E-state index is 0.102. The number of hydrogen-bond acceptors (Lipinski definition) is 3. The van der Waals surface area contributed by atoms with Crippen LogP contribution in [0.4, 0.5) is 0 Å². The quantitative estimate of drug-likeness (QED) is 0.904. The number of carbonyl (C=O) groups excluding carboxylic acids is 1. The first-order valence-corrected chi connectivity index (χ1v) is 8.33. The first-order valence-electron chi connectivity index (χ1n) is 6.40. The fourth-order valence-electron chi connectivity index (χ4n) is 2.39. The Morgan fingerprint density at radius 2 is 2.15 bits per heavy atom. The molecule has 1 aliphatic rings. The van der Waals surface area contributed by atoms with Gasteiger partial charge in [-0.25, -0.2) is 13.6 Å². The summed E-state index contributed by atoms with van der Waals surface area (Å²) in [6, 6.07) is 3.94. The number of likely N-dealkylation sites (tertiary alicyclic amines) is 1. The molecule has 1 unspecified atom stereocenters. The maximum absolute atomic E-state index is 12.5. The molecule has 20 heavy (non-hydrogen) atoms. The number of nitrogens with two attached hydrogens (primary N) is 1. The van der Waals surface area contributed by atoms with E-state index in [1.165, 1.54) is 18.2 Å². The molecule has 0 spiro atoms. The van der Waals surface area contributed by atoms with Crippen molar-refractivity contribution in [2.45, 2.75) is 24.7 Å². The van der Waals surface area contributed by atoms with Crippen LogP contribution in [0.15, 0.2) is 23.1 Å². The number of rotatable bonds is 2. The Morgan fingerprint density at radius 1 is 1.45 bits per heavy atom. The first-order chi connectivity index (χ1) is 9.29. The normalized spacial score (nSPS) is 19.9. The molecule has 2 N–H and O–H groups in total. The molecule has 1 amide bonds. The van der Waals surface area contributed by atoms with E-state index in [1.807, 2.05) is 0 Å². The van der Waals surface area contributed by atoms with Crippen molar-refractivity contribution in [3.8, 4) is 0 Å². The maximum Gasteiger partial charge on any atom is 0.255 e. The van der Waals surface area contributed by atoms with Crippen molar-refractivity contribution < 1.29 is 13.2 Å². The highest BCUT2D eigenvalue weighted by molar-refractivity contribution is 7.89. The van der Waals surface area contributed by atoms with E-state index in [2.05, 4.69) is 6.92 Å². The third kappa shape index (κ3) is 3.31. The lowest BCUT2D eigenvalue weighted by molar-refractivity contribution is 0.0683. The summed E-state index contributed by atoms with van der Waals surface area (Å²) in [6.07, 6.45) is 2.04. The molecule has 110 valence electrons. The first kappa shape index (κ1) is 15.3. The molecule has 7 heteroatoms. The standard InChI is InChI=1S/C13H17ClN2O3S/c1-9-3-2-6-16(8-9)13(17)11-7-10(20(15,18)19)4-5-12(11)14/h4-5,7,9H,2-3,6,8H2,1H3,(H2,15,18,19). The van der Waals surface area contributed by atoms with Gasteiger partial charge in [0.15, 0.2) is 0 Å². The van der Waals surface area contributed by atoms with Crippen LogP contribution in [0.5, 0.6) is 0 Å². The summed E-state index contributed by atoms with van der Waals surface area (Å²) in [7, 11) is -3.85. The second kappa shape index (κ2) is 5.71. The largest absolute Gasteiger partial charge is 0.338 e. The van der Waals surface area contributed by atoms with Crippen molar-refractivity contribution in [3.05, 3.63) is 28.8 Å². The van der Waals surface area contributed by atoms with Gasteiger partial charge in [-0.1, -0.05) is 18.5 Å². The fourth-order valence-corrected chi connectivity index (χ4v) is 3.13. The number of sulfonamides is 1. The minimum atomic E-state index is -3.85. The van der Waals surface area contributed by atoms with E-state index in [4.69, 9.17) is 16.7 Å². The Balaban J connectivity index is 2.34. The summed E-state index contributed by atoms with van der Waals surface area (Å²) in [5, 5.41) is 5.32. The number of hydrogen-bond donors (Lipinski definition) is 1. The fraction of sp³-hybridized carbons (Fsp3) is 0.462. The van der Waals surface area contributed by atoms with Crippen LogP contribution >= 0.6 is 11.6 Å². The third-order valence-electron chi connectivity index (χ3n) is 3.44. The lowest BCUT2D eigenvalue weighted by Crippen LogP contribution is -2.39. The number of piperidine rings is 1. The second-order valence-corrected chi connectivity index (χ2v) is 7.15. The van der Waals surface area contributed by atoms with Gasteiger partial charge >= 0.3 is 0 Å². The summed E-state index contributed by atoms with van der Waals surface area (Å²) in [4.78, 5) is 14.1. The molecule has 0 aliphatic carbocycles. The van der Waals surface area contributed by atoms with Crippen LogP contribution in [-0.2, 0) is 10.0 Å². The van der Waals surface area contributed by atoms with Crippen LogP contribution in [0.3, 0.4) is 0 Å². The van der Waals surface area contributed by atoms with Gasteiger partial charge in [-0.15, -0.1) is 0 Å². The molecule has 1 saturated heterocycles. The molecular weight excluding hydrogens is 300 g/mol. The van der Waals surface area contributed by atoms with Gasteiger partial charge < -0.3 is 4.90 Å². The van der Waals surface area contributed by atoms with E-state index in [0.29, 0.717) is 19.0 Å². The van der Waals surface area contributed by atoms with Crippen LogP contribution in [0.2, 0.25) is 5.02 Å². The Bertz CT molecular complexity index is 631. The molecule has 5 nitrogen and oxygen atoms in total. The van der Waals surface area contributed by atoms with Gasteiger partial charge in [-0.05, 0) is 37.0 Å². The third-order valence-corrected chi connectivity index (χ3v) is 4.68. The predicted octanol–water partition coefficient (Wildman–Crippen LogP) is 1.86. The monoisotopic (exact) mass is 316 g/mol. The van der Waals surface area contributed by atoms with E-state index in [-0.39, 0.29) is 21.4 Å². The Hall–Kier alpha value is -1.11. The number of benzene rings is 1. The van der Waals surface area contributed by atoms with Gasteiger partial charge in [-0.3, -0.25) is 4.79 Å². The van der Waals surface area contributed by atoms with E-state index < -0.39 is 10.0 Å². The summed E-state index contributed by atoms with van der Waals surface area (Å²) in [6.45, 7) is 3.41. The van der Waals surface area contributed by atoms with Gasteiger partial charge in [-0.2, -0.15) is 0 Å². The van der Waals surface area contributed by atoms with E-state index in [0.717, 1.165) is 12.8 Å². The van der Waals surface area contributed by atoms with Crippen molar-refractivity contribution in [2.24, 2.45) is 11.1 Å². The minimum Gasteiger partial charge on any atom is -0.338 e. The van der Waals surface area contributed by atoms with Crippen LogP contribution in [-0.4, -0.2) is 32.3 Å². The van der Waals surface area contributed by atoms with Crippen molar-refractivity contribution >= 4 is 27.5 Å². The molecule has 0 radical (unpaired) electrons. The Kier molecular flexibility index (Phi) is 4.36. The topological polar surface area (TPSA) is 80.5 Å². The number of halogens is 1. The molecule has 0 aromatic heterocycles. The molecule has 1 heterocycles. The van der Waals surface area contributed by atoms with Gasteiger partial charge in [0.25, 0.3) is 5.91 Å². The molecule has 1 aromatic rings. The highest BCUT2D eigenvalue weighted by Gasteiger charge is 2.24. The SMILES string of the molecule is CC1CCCN(C(=O)c2cc(S(N)(=O)=O)ccc2Cl)C1. The zero-order valence-corrected chi connectivity index (χ0v) is 12.7. The predicted molar refractivity (Wildman–Crippen MR) is 77.1 cm³/mol. The summed E-state index contributed by atoms with van der Waals surface area (Å²) >= 11 is 6.01. The van der Waals surface area contributed by atoms with Crippen LogP contribution in [0, 0.1) is 5.92 Å². The second-order valence-electron chi connectivity index (χ2n) is 5.19. The molecule has 2 rings (SSSR count). The zero-order valence-electron chi connectivity index (χ0n) is 11.2. The molecule has 1 fully saturated rings. The number of primary sulfonamides is 1. The molecule has 1 aromatic carbocycles. The Labute approximate surface area is 123 Å². The average molecular weight is 317 g/mol. The van der Waals surface area contributed by atoms with Gasteiger partial charge in [0.1, 0.15) is 0 Å². The molecule has 1 aliphatic heterocycles. The molecule has 1 atom stereocenters. The molecule has 0 bridgehead atoms. The summed E-state index contributed by atoms with van der Waals surface area (Å²) in [5.74, 6) is 0.194. The highest BCUT2D eigenvalue weighted by atomic mass is 35.5. The van der Waals surface area contributed by atoms with Crippen molar-refractivity contribution in [3.63, 3.8) is 0 Å². The smallest absolute Gasteiger partial charge is 0.255 e. The van der Waals surface area contributed by atoms with Crippen LogP contribution in [0.25, 0.3) is 0 Å².